The molecule has 1 aromatic heterocycles. The minimum atomic E-state index is -0.0319. The summed E-state index contributed by atoms with van der Waals surface area (Å²) in [5, 5.41) is 4.70. The molecule has 0 radical (unpaired) electrons. The fraction of sp³-hybridized carbons (Fsp3) is 0.231. The Hall–Kier alpha value is -1.81. The Kier molecular flexibility index (Phi) is 3.67. The zero-order valence-corrected chi connectivity index (χ0v) is 11.1. The second-order valence-corrected chi connectivity index (χ2v) is 4.63. The van der Waals surface area contributed by atoms with Crippen molar-refractivity contribution in [2.24, 2.45) is 7.05 Å². The predicted molar refractivity (Wildman–Crippen MR) is 70.5 cm³/mol. The first-order valence-electron chi connectivity index (χ1n) is 5.55. The number of benzene rings is 1. The number of hydrogen-bond acceptors (Lipinski definition) is 2. The van der Waals surface area contributed by atoms with Crippen molar-refractivity contribution in [2.45, 2.75) is 6.54 Å². The Morgan fingerprint density at radius 2 is 2.06 bits per heavy atom. The molecule has 0 N–H and O–H groups in total. The Bertz CT molecular complexity index is 548. The lowest BCUT2D eigenvalue weighted by Crippen LogP contribution is -2.25. The summed E-state index contributed by atoms with van der Waals surface area (Å²) in [6, 6.07) is 6.88. The summed E-state index contributed by atoms with van der Waals surface area (Å²) in [5.41, 5.74) is 1.63. The van der Waals surface area contributed by atoms with Gasteiger partial charge < -0.3 is 4.90 Å². The monoisotopic (exact) mass is 263 g/mol. The molecular formula is C13H14ClN3O. The molecule has 0 aliphatic heterocycles. The van der Waals surface area contributed by atoms with Crippen molar-refractivity contribution in [3.05, 3.63) is 52.8 Å². The molecule has 2 rings (SSSR count). The average Bonchev–Trinajstić information content (AvgIpc) is 2.75. The summed E-state index contributed by atoms with van der Waals surface area (Å²) >= 11 is 5.79. The van der Waals surface area contributed by atoms with Crippen LogP contribution in [0.1, 0.15) is 15.9 Å². The lowest BCUT2D eigenvalue weighted by Gasteiger charge is -2.16. The lowest BCUT2D eigenvalue weighted by molar-refractivity contribution is 0.0785. The minimum Gasteiger partial charge on any atom is -0.337 e. The van der Waals surface area contributed by atoms with E-state index < -0.39 is 0 Å². The van der Waals surface area contributed by atoms with E-state index in [4.69, 9.17) is 11.6 Å². The quantitative estimate of drug-likeness (QED) is 0.853. The van der Waals surface area contributed by atoms with Gasteiger partial charge in [-0.3, -0.25) is 9.48 Å². The highest BCUT2D eigenvalue weighted by molar-refractivity contribution is 6.30. The van der Waals surface area contributed by atoms with Gasteiger partial charge in [0.1, 0.15) is 0 Å². The van der Waals surface area contributed by atoms with E-state index in [1.54, 1.807) is 47.1 Å². The zero-order valence-electron chi connectivity index (χ0n) is 10.3. The molecule has 0 saturated carbocycles. The molecule has 4 nitrogen and oxygen atoms in total. The molecule has 0 fully saturated rings. The van der Waals surface area contributed by atoms with Crippen LogP contribution >= 0.6 is 11.6 Å². The van der Waals surface area contributed by atoms with Crippen LogP contribution in [0.2, 0.25) is 5.02 Å². The van der Waals surface area contributed by atoms with E-state index in [1.165, 1.54) is 0 Å². The van der Waals surface area contributed by atoms with Crippen molar-refractivity contribution in [2.75, 3.05) is 7.05 Å². The van der Waals surface area contributed by atoms with Crippen LogP contribution in [0, 0.1) is 0 Å². The van der Waals surface area contributed by atoms with Gasteiger partial charge in [0, 0.05) is 43.0 Å². The number of rotatable bonds is 3. The fourth-order valence-corrected chi connectivity index (χ4v) is 1.84. The highest BCUT2D eigenvalue weighted by Crippen LogP contribution is 2.12. The van der Waals surface area contributed by atoms with Crippen molar-refractivity contribution in [1.82, 2.24) is 14.7 Å². The molecule has 94 valence electrons. The average molecular weight is 264 g/mol. The van der Waals surface area contributed by atoms with E-state index in [2.05, 4.69) is 5.10 Å². The Morgan fingerprint density at radius 3 is 2.61 bits per heavy atom. The van der Waals surface area contributed by atoms with Gasteiger partial charge in [0.05, 0.1) is 6.20 Å². The highest BCUT2D eigenvalue weighted by Gasteiger charge is 2.12. The van der Waals surface area contributed by atoms with Crippen LogP contribution in [0.15, 0.2) is 36.7 Å². The van der Waals surface area contributed by atoms with Crippen molar-refractivity contribution in [1.29, 1.82) is 0 Å². The number of nitrogens with zero attached hydrogens (tertiary/aromatic N) is 3. The smallest absolute Gasteiger partial charge is 0.253 e. The summed E-state index contributed by atoms with van der Waals surface area (Å²) in [6.07, 6.45) is 3.65. The first kappa shape index (κ1) is 12.6. The van der Waals surface area contributed by atoms with Crippen molar-refractivity contribution < 1.29 is 4.79 Å². The number of aromatic nitrogens is 2. The van der Waals surface area contributed by atoms with Crippen molar-refractivity contribution >= 4 is 17.5 Å². The van der Waals surface area contributed by atoms with Gasteiger partial charge in [-0.2, -0.15) is 5.10 Å². The van der Waals surface area contributed by atoms with Crippen LogP contribution in [0.25, 0.3) is 0 Å². The summed E-state index contributed by atoms with van der Waals surface area (Å²) < 4.78 is 1.72. The molecule has 1 heterocycles. The molecule has 5 heteroatoms. The van der Waals surface area contributed by atoms with E-state index in [0.29, 0.717) is 17.1 Å². The van der Waals surface area contributed by atoms with Gasteiger partial charge in [-0.1, -0.05) is 11.6 Å². The van der Waals surface area contributed by atoms with Crippen LogP contribution in [0.4, 0.5) is 0 Å². The van der Waals surface area contributed by atoms with Gasteiger partial charge in [0.15, 0.2) is 0 Å². The van der Waals surface area contributed by atoms with Gasteiger partial charge in [0.2, 0.25) is 0 Å². The third-order valence-corrected chi connectivity index (χ3v) is 2.87. The highest BCUT2D eigenvalue weighted by atomic mass is 35.5. The normalized spacial score (nSPS) is 10.4. The third-order valence-electron chi connectivity index (χ3n) is 2.62. The molecule has 0 aliphatic carbocycles. The molecule has 1 amide bonds. The topological polar surface area (TPSA) is 38.1 Å². The molecule has 0 spiro atoms. The largest absolute Gasteiger partial charge is 0.337 e. The van der Waals surface area contributed by atoms with Crippen LogP contribution in [0.5, 0.6) is 0 Å². The zero-order chi connectivity index (χ0) is 13.1. The maximum absolute atomic E-state index is 12.1. The van der Waals surface area contributed by atoms with Gasteiger partial charge in [-0.25, -0.2) is 0 Å². The Balaban J connectivity index is 2.07. The maximum atomic E-state index is 12.1. The van der Waals surface area contributed by atoms with Crippen LogP contribution in [-0.2, 0) is 13.6 Å². The van der Waals surface area contributed by atoms with E-state index in [1.807, 2.05) is 13.2 Å². The Labute approximate surface area is 111 Å². The summed E-state index contributed by atoms with van der Waals surface area (Å²) in [7, 11) is 3.62. The van der Waals surface area contributed by atoms with Crippen LogP contribution in [0.3, 0.4) is 0 Å². The molecular weight excluding hydrogens is 250 g/mol. The molecule has 0 bridgehead atoms. The predicted octanol–water partition coefficient (Wildman–Crippen LogP) is 2.35. The maximum Gasteiger partial charge on any atom is 0.253 e. The van der Waals surface area contributed by atoms with E-state index in [-0.39, 0.29) is 5.91 Å². The minimum absolute atomic E-state index is 0.0319. The van der Waals surface area contributed by atoms with Gasteiger partial charge in [-0.15, -0.1) is 0 Å². The van der Waals surface area contributed by atoms with E-state index in [0.717, 1.165) is 5.56 Å². The molecule has 1 aromatic carbocycles. The standard InChI is InChI=1S/C13H14ClN3O/c1-16(8-10-7-15-17(2)9-10)13(18)11-3-5-12(14)6-4-11/h3-7,9H,8H2,1-2H3. The number of amides is 1. The molecule has 0 saturated heterocycles. The van der Waals surface area contributed by atoms with E-state index >= 15 is 0 Å². The SMILES string of the molecule is CN(Cc1cnn(C)c1)C(=O)c1ccc(Cl)cc1. The van der Waals surface area contributed by atoms with Gasteiger partial charge >= 0.3 is 0 Å². The number of carbonyl (C=O) groups is 1. The van der Waals surface area contributed by atoms with Gasteiger partial charge in [0.25, 0.3) is 5.91 Å². The third kappa shape index (κ3) is 2.90. The number of aryl methyl sites for hydroxylation is 1. The number of hydrogen-bond donors (Lipinski definition) is 0. The molecule has 2 aromatic rings. The van der Waals surface area contributed by atoms with Crippen molar-refractivity contribution in [3.8, 4) is 0 Å². The second kappa shape index (κ2) is 5.23. The Morgan fingerprint density at radius 1 is 1.39 bits per heavy atom. The van der Waals surface area contributed by atoms with E-state index in [9.17, 15) is 4.79 Å². The van der Waals surface area contributed by atoms with Gasteiger partial charge in [-0.05, 0) is 24.3 Å². The first-order valence-corrected chi connectivity index (χ1v) is 5.92. The fourth-order valence-electron chi connectivity index (χ4n) is 1.71. The molecule has 0 aliphatic rings. The summed E-state index contributed by atoms with van der Waals surface area (Å²) in [4.78, 5) is 13.8. The molecule has 18 heavy (non-hydrogen) atoms. The summed E-state index contributed by atoms with van der Waals surface area (Å²) in [5.74, 6) is -0.0319. The number of halogens is 1. The van der Waals surface area contributed by atoms with Crippen LogP contribution in [-0.4, -0.2) is 27.6 Å². The second-order valence-electron chi connectivity index (χ2n) is 4.19. The van der Waals surface area contributed by atoms with Crippen molar-refractivity contribution in [3.63, 3.8) is 0 Å². The first-order chi connectivity index (χ1) is 8.56. The molecule has 0 atom stereocenters. The number of carbonyl (C=O) groups excluding carboxylic acids is 1. The molecule has 0 unspecified atom stereocenters. The lowest BCUT2D eigenvalue weighted by atomic mass is 10.2. The summed E-state index contributed by atoms with van der Waals surface area (Å²) in [6.45, 7) is 0.537. The van der Waals surface area contributed by atoms with Crippen LogP contribution < -0.4 is 0 Å².